The molecule has 0 saturated heterocycles. The highest BCUT2D eigenvalue weighted by Gasteiger charge is 2.17. The number of halogens is 3. The van der Waals surface area contributed by atoms with Crippen LogP contribution in [0.2, 0.25) is 0 Å². The van der Waals surface area contributed by atoms with Gasteiger partial charge in [-0.05, 0) is 40.5 Å². The lowest BCUT2D eigenvalue weighted by atomic mass is 10.0. The quantitative estimate of drug-likeness (QED) is 0.889. The zero-order valence-corrected chi connectivity index (χ0v) is 13.1. The van der Waals surface area contributed by atoms with E-state index in [9.17, 15) is 13.9 Å². The van der Waals surface area contributed by atoms with Crippen molar-refractivity contribution in [3.63, 3.8) is 0 Å². The normalized spacial score (nSPS) is 12.7. The smallest absolute Gasteiger partial charge is 0.387 e. The topological polar surface area (TPSA) is 47.3 Å². The SMILES string of the molecule is Cc1nn(C)c(CC(O)c2cccc(OC(F)F)c2)c1Br. The summed E-state index contributed by atoms with van der Waals surface area (Å²) in [6.07, 6.45) is -0.520. The Balaban J connectivity index is 2.18. The molecule has 7 heteroatoms. The molecule has 0 radical (unpaired) electrons. The first-order valence-corrected chi connectivity index (χ1v) is 7.08. The zero-order valence-electron chi connectivity index (χ0n) is 11.6. The molecule has 0 aliphatic carbocycles. The number of nitrogens with zero attached hydrogens (tertiary/aromatic N) is 2. The van der Waals surface area contributed by atoms with Gasteiger partial charge in [-0.3, -0.25) is 4.68 Å². The van der Waals surface area contributed by atoms with Crippen LogP contribution in [-0.2, 0) is 13.5 Å². The first kappa shape index (κ1) is 15.9. The van der Waals surface area contributed by atoms with E-state index in [1.165, 1.54) is 12.1 Å². The maximum absolute atomic E-state index is 12.2. The Bertz CT molecular complexity index is 631. The Kier molecular flexibility index (Phi) is 4.95. The first-order chi connectivity index (χ1) is 9.88. The summed E-state index contributed by atoms with van der Waals surface area (Å²) in [5.41, 5.74) is 2.17. The van der Waals surface area contributed by atoms with Crippen molar-refractivity contribution in [2.75, 3.05) is 0 Å². The summed E-state index contributed by atoms with van der Waals surface area (Å²) in [4.78, 5) is 0. The molecule has 0 saturated carbocycles. The van der Waals surface area contributed by atoms with Gasteiger partial charge in [0.25, 0.3) is 0 Å². The Morgan fingerprint density at radius 1 is 1.43 bits per heavy atom. The second kappa shape index (κ2) is 6.53. The fourth-order valence-corrected chi connectivity index (χ4v) is 2.60. The second-order valence-electron chi connectivity index (χ2n) is 4.64. The van der Waals surface area contributed by atoms with E-state index in [1.54, 1.807) is 23.9 Å². The summed E-state index contributed by atoms with van der Waals surface area (Å²) in [7, 11) is 1.79. The van der Waals surface area contributed by atoms with Crippen LogP contribution < -0.4 is 4.74 Å². The van der Waals surface area contributed by atoms with Gasteiger partial charge in [0.15, 0.2) is 0 Å². The van der Waals surface area contributed by atoms with Crippen LogP contribution in [0, 0.1) is 6.92 Å². The lowest BCUT2D eigenvalue weighted by molar-refractivity contribution is -0.0499. The van der Waals surface area contributed by atoms with Crippen LogP contribution in [0.1, 0.15) is 23.1 Å². The molecule has 0 bridgehead atoms. The van der Waals surface area contributed by atoms with Crippen LogP contribution in [0.5, 0.6) is 5.75 Å². The number of rotatable bonds is 5. The molecular formula is C14H15BrF2N2O2. The van der Waals surface area contributed by atoms with Gasteiger partial charge in [-0.2, -0.15) is 13.9 Å². The van der Waals surface area contributed by atoms with Crippen molar-refractivity contribution in [3.05, 3.63) is 45.7 Å². The minimum Gasteiger partial charge on any atom is -0.435 e. The first-order valence-electron chi connectivity index (χ1n) is 6.29. The van der Waals surface area contributed by atoms with E-state index in [-0.39, 0.29) is 5.75 Å². The van der Waals surface area contributed by atoms with Crippen molar-refractivity contribution in [2.24, 2.45) is 7.05 Å². The fourth-order valence-electron chi connectivity index (χ4n) is 2.10. The standard InChI is InChI=1S/C14H15BrF2N2O2/c1-8-13(15)11(19(2)18-8)7-12(20)9-4-3-5-10(6-9)21-14(16)17/h3-6,12,14,20H,7H2,1-2H3. The van der Waals surface area contributed by atoms with Crippen LogP contribution in [0.15, 0.2) is 28.7 Å². The summed E-state index contributed by atoms with van der Waals surface area (Å²) in [5, 5.41) is 14.5. The van der Waals surface area contributed by atoms with Crippen LogP contribution in [0.4, 0.5) is 8.78 Å². The maximum atomic E-state index is 12.2. The highest BCUT2D eigenvalue weighted by molar-refractivity contribution is 9.10. The predicted octanol–water partition coefficient (Wildman–Crippen LogP) is 3.37. The van der Waals surface area contributed by atoms with Crippen molar-refractivity contribution in [3.8, 4) is 5.75 Å². The highest BCUT2D eigenvalue weighted by Crippen LogP contribution is 2.27. The molecule has 0 amide bonds. The Hall–Kier alpha value is -1.47. The number of hydrogen-bond acceptors (Lipinski definition) is 3. The van der Waals surface area contributed by atoms with Gasteiger partial charge >= 0.3 is 6.61 Å². The van der Waals surface area contributed by atoms with E-state index in [4.69, 9.17) is 0 Å². The molecule has 1 unspecified atom stereocenters. The largest absolute Gasteiger partial charge is 0.435 e. The van der Waals surface area contributed by atoms with Gasteiger partial charge in [-0.25, -0.2) is 0 Å². The average Bonchev–Trinajstić information content (AvgIpc) is 2.65. The van der Waals surface area contributed by atoms with E-state index in [2.05, 4.69) is 25.8 Å². The number of hydrogen-bond donors (Lipinski definition) is 1. The molecule has 1 heterocycles. The van der Waals surface area contributed by atoms with Crippen molar-refractivity contribution in [1.29, 1.82) is 0 Å². The van der Waals surface area contributed by atoms with E-state index < -0.39 is 12.7 Å². The van der Waals surface area contributed by atoms with E-state index >= 15 is 0 Å². The van der Waals surface area contributed by atoms with Crippen LogP contribution in [-0.4, -0.2) is 21.5 Å². The molecule has 21 heavy (non-hydrogen) atoms. The molecule has 1 aromatic heterocycles. The van der Waals surface area contributed by atoms with Gasteiger partial charge < -0.3 is 9.84 Å². The van der Waals surface area contributed by atoms with Crippen molar-refractivity contribution >= 4 is 15.9 Å². The van der Waals surface area contributed by atoms with Crippen LogP contribution >= 0.6 is 15.9 Å². The van der Waals surface area contributed by atoms with Crippen molar-refractivity contribution in [2.45, 2.75) is 26.1 Å². The summed E-state index contributed by atoms with van der Waals surface area (Å²) in [5.74, 6) is 0.0294. The molecule has 2 aromatic rings. The summed E-state index contributed by atoms with van der Waals surface area (Å²) in [6.45, 7) is -1.02. The molecule has 1 N–H and O–H groups in total. The molecule has 0 spiro atoms. The Labute approximate surface area is 129 Å². The van der Waals surface area contributed by atoms with Gasteiger partial charge in [-0.15, -0.1) is 0 Å². The van der Waals surface area contributed by atoms with Crippen molar-refractivity contribution in [1.82, 2.24) is 9.78 Å². The average molecular weight is 361 g/mol. The molecule has 1 atom stereocenters. The number of aliphatic hydroxyl groups is 1. The van der Waals surface area contributed by atoms with Gasteiger partial charge in [0.2, 0.25) is 0 Å². The molecule has 0 fully saturated rings. The monoisotopic (exact) mass is 360 g/mol. The molecular weight excluding hydrogens is 346 g/mol. The van der Waals surface area contributed by atoms with E-state index in [0.29, 0.717) is 12.0 Å². The van der Waals surface area contributed by atoms with Crippen LogP contribution in [0.25, 0.3) is 0 Å². The Morgan fingerprint density at radius 2 is 2.14 bits per heavy atom. The number of ether oxygens (including phenoxy) is 1. The lowest BCUT2D eigenvalue weighted by Gasteiger charge is -2.13. The van der Waals surface area contributed by atoms with Gasteiger partial charge in [0.05, 0.1) is 22.0 Å². The summed E-state index contributed by atoms with van der Waals surface area (Å²) in [6, 6.07) is 6.07. The van der Waals surface area contributed by atoms with E-state index in [0.717, 1.165) is 15.9 Å². The zero-order chi connectivity index (χ0) is 15.6. The molecule has 0 aliphatic rings. The number of benzene rings is 1. The number of alkyl halides is 2. The predicted molar refractivity (Wildman–Crippen MR) is 77.4 cm³/mol. The second-order valence-corrected chi connectivity index (χ2v) is 5.43. The third-order valence-corrected chi connectivity index (χ3v) is 4.15. The van der Waals surface area contributed by atoms with E-state index in [1.807, 2.05) is 6.92 Å². The van der Waals surface area contributed by atoms with Crippen molar-refractivity contribution < 1.29 is 18.6 Å². The number of aliphatic hydroxyl groups excluding tert-OH is 1. The Morgan fingerprint density at radius 3 is 2.71 bits per heavy atom. The van der Waals surface area contributed by atoms with Crippen LogP contribution in [0.3, 0.4) is 0 Å². The summed E-state index contributed by atoms with van der Waals surface area (Å²) >= 11 is 3.43. The minimum absolute atomic E-state index is 0.0294. The van der Waals surface area contributed by atoms with Gasteiger partial charge in [-0.1, -0.05) is 12.1 Å². The molecule has 4 nitrogen and oxygen atoms in total. The lowest BCUT2D eigenvalue weighted by Crippen LogP contribution is -2.08. The number of aromatic nitrogens is 2. The number of aryl methyl sites for hydroxylation is 2. The molecule has 114 valence electrons. The summed E-state index contributed by atoms with van der Waals surface area (Å²) < 4.78 is 31.3. The molecule has 2 rings (SSSR count). The maximum Gasteiger partial charge on any atom is 0.387 e. The molecule has 0 aliphatic heterocycles. The highest BCUT2D eigenvalue weighted by atomic mass is 79.9. The third kappa shape index (κ3) is 3.79. The van der Waals surface area contributed by atoms with Gasteiger partial charge in [0.1, 0.15) is 5.75 Å². The van der Waals surface area contributed by atoms with Gasteiger partial charge in [0, 0.05) is 13.5 Å². The third-order valence-electron chi connectivity index (χ3n) is 3.12. The minimum atomic E-state index is -2.88. The fraction of sp³-hybridized carbons (Fsp3) is 0.357. The molecule has 1 aromatic carbocycles.